The molecule has 0 radical (unpaired) electrons. The van der Waals surface area contributed by atoms with Crippen molar-refractivity contribution in [1.82, 2.24) is 10.2 Å². The minimum absolute atomic E-state index is 0.00167. The first kappa shape index (κ1) is 13.0. The largest absolute Gasteiger partial charge is 0.481 e. The molecular formula is C11H20N2O3. The molecule has 0 aromatic carbocycles. The Labute approximate surface area is 95.8 Å². The molecule has 0 spiro atoms. The molecule has 0 bridgehead atoms. The number of nitrogens with zero attached hydrogens (tertiary/aromatic N) is 1. The fourth-order valence-corrected chi connectivity index (χ4v) is 2.02. The van der Waals surface area contributed by atoms with E-state index in [0.29, 0.717) is 0 Å². The number of piperidine rings is 1. The zero-order valence-corrected chi connectivity index (χ0v) is 9.95. The lowest BCUT2D eigenvalue weighted by Gasteiger charge is -2.36. The molecule has 1 heterocycles. The van der Waals surface area contributed by atoms with Crippen LogP contribution in [0.5, 0.6) is 0 Å². The lowest BCUT2D eigenvalue weighted by molar-refractivity contribution is -0.140. The molecule has 1 amide bonds. The van der Waals surface area contributed by atoms with E-state index in [1.54, 1.807) is 7.05 Å². The summed E-state index contributed by atoms with van der Waals surface area (Å²) in [6.07, 6.45) is 2.96. The monoisotopic (exact) mass is 228 g/mol. The first-order chi connectivity index (χ1) is 7.46. The van der Waals surface area contributed by atoms with Gasteiger partial charge in [-0.05, 0) is 32.7 Å². The van der Waals surface area contributed by atoms with E-state index >= 15 is 0 Å². The molecule has 2 N–H and O–H groups in total. The van der Waals surface area contributed by atoms with E-state index in [1.807, 2.05) is 6.92 Å². The van der Waals surface area contributed by atoms with Gasteiger partial charge in [0, 0.05) is 13.6 Å². The van der Waals surface area contributed by atoms with Crippen LogP contribution < -0.4 is 5.32 Å². The van der Waals surface area contributed by atoms with Crippen molar-refractivity contribution in [3.63, 3.8) is 0 Å². The van der Waals surface area contributed by atoms with Crippen molar-refractivity contribution in [2.24, 2.45) is 0 Å². The highest BCUT2D eigenvalue weighted by Gasteiger charge is 2.36. The number of carboxylic acid groups (broad SMARTS) is 1. The van der Waals surface area contributed by atoms with Crippen molar-refractivity contribution < 1.29 is 14.7 Å². The van der Waals surface area contributed by atoms with Gasteiger partial charge in [-0.2, -0.15) is 0 Å². The van der Waals surface area contributed by atoms with Gasteiger partial charge in [0.05, 0.1) is 12.0 Å². The molecule has 1 rings (SSSR count). The number of nitrogens with one attached hydrogen (secondary N) is 1. The molecule has 0 aliphatic carbocycles. The lowest BCUT2D eigenvalue weighted by atomic mass is 9.89. The number of hydrogen-bond acceptors (Lipinski definition) is 3. The molecule has 0 aromatic heterocycles. The number of amides is 1. The fourth-order valence-electron chi connectivity index (χ4n) is 2.02. The van der Waals surface area contributed by atoms with Crippen molar-refractivity contribution in [1.29, 1.82) is 0 Å². The van der Waals surface area contributed by atoms with Crippen molar-refractivity contribution in [3.05, 3.63) is 0 Å². The summed E-state index contributed by atoms with van der Waals surface area (Å²) in [7, 11) is 1.66. The smallest absolute Gasteiger partial charge is 0.305 e. The summed E-state index contributed by atoms with van der Waals surface area (Å²) in [5, 5.41) is 11.8. The topological polar surface area (TPSA) is 69.6 Å². The molecule has 5 nitrogen and oxygen atoms in total. The van der Waals surface area contributed by atoms with Crippen LogP contribution in [0.2, 0.25) is 0 Å². The maximum atomic E-state index is 12.1. The molecular weight excluding hydrogens is 208 g/mol. The van der Waals surface area contributed by atoms with Crippen molar-refractivity contribution in [2.45, 2.75) is 38.1 Å². The summed E-state index contributed by atoms with van der Waals surface area (Å²) in [5.74, 6) is -0.880. The maximum Gasteiger partial charge on any atom is 0.305 e. The third-order valence-corrected chi connectivity index (χ3v) is 3.10. The normalized spacial score (nSPS) is 25.1. The average Bonchev–Trinajstić information content (AvgIpc) is 2.25. The van der Waals surface area contributed by atoms with E-state index in [-0.39, 0.29) is 18.9 Å². The predicted molar refractivity (Wildman–Crippen MR) is 60.1 cm³/mol. The first-order valence-corrected chi connectivity index (χ1v) is 5.68. The second-order valence-corrected chi connectivity index (χ2v) is 4.59. The molecule has 0 saturated carbocycles. The van der Waals surface area contributed by atoms with E-state index in [1.165, 1.54) is 4.90 Å². The third kappa shape index (κ3) is 3.20. The summed E-state index contributed by atoms with van der Waals surface area (Å²) < 4.78 is 0. The van der Waals surface area contributed by atoms with Gasteiger partial charge >= 0.3 is 5.97 Å². The van der Waals surface area contributed by atoms with Gasteiger partial charge in [0.25, 0.3) is 0 Å². The first-order valence-electron chi connectivity index (χ1n) is 5.68. The van der Waals surface area contributed by atoms with Crippen LogP contribution in [0.4, 0.5) is 0 Å². The Kier molecular flexibility index (Phi) is 4.29. The van der Waals surface area contributed by atoms with Gasteiger partial charge in [-0.1, -0.05) is 0 Å². The number of hydrogen-bond donors (Lipinski definition) is 2. The molecule has 0 aromatic rings. The highest BCUT2D eigenvalue weighted by atomic mass is 16.4. The Balaban J connectivity index is 2.51. The van der Waals surface area contributed by atoms with E-state index in [4.69, 9.17) is 5.11 Å². The number of aliphatic carboxylic acids is 1. The molecule has 1 atom stereocenters. The maximum absolute atomic E-state index is 12.1. The Morgan fingerprint density at radius 3 is 2.62 bits per heavy atom. The van der Waals surface area contributed by atoms with Crippen LogP contribution in [0.3, 0.4) is 0 Å². The standard InChI is InChI=1S/C11H20N2O3/c1-11(6-3-4-7-12-11)10(16)13(2)8-5-9(14)15/h12H,3-8H2,1-2H3,(H,14,15). The van der Waals surface area contributed by atoms with Crippen LogP contribution in [-0.2, 0) is 9.59 Å². The van der Waals surface area contributed by atoms with Gasteiger partial charge in [0.1, 0.15) is 0 Å². The van der Waals surface area contributed by atoms with Gasteiger partial charge in [0.2, 0.25) is 5.91 Å². The second kappa shape index (κ2) is 5.30. The van der Waals surface area contributed by atoms with Crippen molar-refractivity contribution in [3.8, 4) is 0 Å². The number of carbonyl (C=O) groups is 2. The Morgan fingerprint density at radius 1 is 1.44 bits per heavy atom. The highest BCUT2D eigenvalue weighted by molar-refractivity contribution is 5.86. The lowest BCUT2D eigenvalue weighted by Crippen LogP contribution is -2.57. The van der Waals surface area contributed by atoms with Crippen LogP contribution in [0.15, 0.2) is 0 Å². The van der Waals surface area contributed by atoms with Gasteiger partial charge in [-0.25, -0.2) is 0 Å². The van der Waals surface area contributed by atoms with Gasteiger partial charge < -0.3 is 15.3 Å². The zero-order valence-electron chi connectivity index (χ0n) is 9.95. The molecule has 1 aliphatic heterocycles. The summed E-state index contributed by atoms with van der Waals surface area (Å²) >= 11 is 0. The average molecular weight is 228 g/mol. The number of carbonyl (C=O) groups excluding carboxylic acids is 1. The van der Waals surface area contributed by atoms with E-state index < -0.39 is 11.5 Å². The number of likely N-dealkylation sites (N-methyl/N-ethyl adjacent to an activating group) is 1. The van der Waals surface area contributed by atoms with Crippen LogP contribution in [-0.4, -0.2) is 47.6 Å². The van der Waals surface area contributed by atoms with Crippen LogP contribution >= 0.6 is 0 Å². The molecule has 1 fully saturated rings. The van der Waals surface area contributed by atoms with E-state index in [0.717, 1.165) is 25.8 Å². The van der Waals surface area contributed by atoms with Gasteiger partial charge in [0.15, 0.2) is 0 Å². The molecule has 1 unspecified atom stereocenters. The van der Waals surface area contributed by atoms with Crippen LogP contribution in [0.25, 0.3) is 0 Å². The van der Waals surface area contributed by atoms with E-state index in [2.05, 4.69) is 5.32 Å². The zero-order chi connectivity index (χ0) is 12.2. The van der Waals surface area contributed by atoms with Crippen LogP contribution in [0.1, 0.15) is 32.6 Å². The highest BCUT2D eigenvalue weighted by Crippen LogP contribution is 2.20. The van der Waals surface area contributed by atoms with Gasteiger partial charge in [-0.15, -0.1) is 0 Å². The minimum atomic E-state index is -0.874. The molecule has 16 heavy (non-hydrogen) atoms. The number of rotatable bonds is 4. The quantitative estimate of drug-likeness (QED) is 0.733. The predicted octanol–water partition coefficient (Wildman–Crippen LogP) is 0.452. The Bertz CT molecular complexity index is 272. The summed E-state index contributed by atoms with van der Waals surface area (Å²) in [5.41, 5.74) is -0.508. The Hall–Kier alpha value is -1.10. The summed E-state index contributed by atoms with van der Waals surface area (Å²) in [4.78, 5) is 24.0. The molecule has 1 saturated heterocycles. The number of carboxylic acids is 1. The summed E-state index contributed by atoms with van der Waals surface area (Å²) in [6.45, 7) is 3.02. The molecule has 5 heteroatoms. The second-order valence-electron chi connectivity index (χ2n) is 4.59. The molecule has 92 valence electrons. The van der Waals surface area contributed by atoms with E-state index in [9.17, 15) is 9.59 Å². The Morgan fingerprint density at radius 2 is 2.12 bits per heavy atom. The minimum Gasteiger partial charge on any atom is -0.481 e. The van der Waals surface area contributed by atoms with Crippen molar-refractivity contribution >= 4 is 11.9 Å². The molecule has 1 aliphatic rings. The fraction of sp³-hybridized carbons (Fsp3) is 0.818. The third-order valence-electron chi connectivity index (χ3n) is 3.10. The van der Waals surface area contributed by atoms with Crippen molar-refractivity contribution in [2.75, 3.05) is 20.1 Å². The summed E-state index contributed by atoms with van der Waals surface area (Å²) in [6, 6.07) is 0. The van der Waals surface area contributed by atoms with Crippen LogP contribution in [0, 0.1) is 0 Å². The SMILES string of the molecule is CN(CCC(=O)O)C(=O)C1(C)CCCCN1. The van der Waals surface area contributed by atoms with Gasteiger partial charge in [-0.3, -0.25) is 9.59 Å².